The molecule has 0 spiro atoms. The van der Waals surface area contributed by atoms with Crippen molar-refractivity contribution >= 4 is 23.2 Å². The lowest BCUT2D eigenvalue weighted by Gasteiger charge is -2.09. The number of aliphatic hydroxyl groups is 1. The average Bonchev–Trinajstić information content (AvgIpc) is 2.40. The summed E-state index contributed by atoms with van der Waals surface area (Å²) in [5, 5.41) is 9.14. The van der Waals surface area contributed by atoms with Crippen LogP contribution in [-0.4, -0.2) is 49.4 Å². The van der Waals surface area contributed by atoms with Gasteiger partial charge in [0, 0.05) is 19.1 Å². The van der Waals surface area contributed by atoms with Crippen molar-refractivity contribution < 1.29 is 14.6 Å². The Hall–Kier alpha value is 0.460. The van der Waals surface area contributed by atoms with Crippen molar-refractivity contribution in [1.82, 2.24) is 0 Å². The molecule has 0 aliphatic carbocycles. The van der Waals surface area contributed by atoms with Gasteiger partial charge in [-0.15, -0.1) is 23.2 Å². The fourth-order valence-corrected chi connectivity index (χ4v) is 1.53. The summed E-state index contributed by atoms with van der Waals surface area (Å²) < 4.78 is 10.8. The Morgan fingerprint density at radius 1 is 0.944 bits per heavy atom. The molecule has 0 saturated carbocycles. The monoisotopic (exact) mass is 312 g/mol. The van der Waals surface area contributed by atoms with E-state index in [0.29, 0.717) is 25.0 Å². The molecular formula is C13H26Cl2O3. The largest absolute Gasteiger partial charge is 0.389 e. The highest BCUT2D eigenvalue weighted by Gasteiger charge is 2.01. The highest BCUT2D eigenvalue weighted by atomic mass is 35.5. The first-order chi connectivity index (χ1) is 8.70. The quantitative estimate of drug-likeness (QED) is 0.419. The van der Waals surface area contributed by atoms with Crippen LogP contribution in [0.3, 0.4) is 0 Å². The molecule has 0 aliphatic rings. The SMILES string of the molecule is C[14CH]([14CH2]Cl)[14CH2]OCCCCCCO[14CH2][14CH](O)[14CH2]Cl. The number of unbranched alkanes of at least 4 members (excludes halogenated alkanes) is 3. The molecule has 0 aromatic heterocycles. The first-order valence-electron chi connectivity index (χ1n) is 6.66. The van der Waals surface area contributed by atoms with Gasteiger partial charge in [-0.1, -0.05) is 19.8 Å². The van der Waals surface area contributed by atoms with Crippen LogP contribution in [0.15, 0.2) is 0 Å². The van der Waals surface area contributed by atoms with Crippen LogP contribution in [0.25, 0.3) is 0 Å². The molecule has 0 heterocycles. The number of hydrogen-bond acceptors (Lipinski definition) is 3. The van der Waals surface area contributed by atoms with Gasteiger partial charge < -0.3 is 14.6 Å². The molecule has 3 nitrogen and oxygen atoms in total. The van der Waals surface area contributed by atoms with Crippen LogP contribution in [-0.2, 0) is 9.47 Å². The second-order valence-electron chi connectivity index (χ2n) is 4.63. The van der Waals surface area contributed by atoms with Crippen LogP contribution in [0.5, 0.6) is 0 Å². The van der Waals surface area contributed by atoms with Crippen molar-refractivity contribution in [2.24, 2.45) is 5.92 Å². The maximum absolute atomic E-state index is 9.14. The van der Waals surface area contributed by atoms with Crippen molar-refractivity contribution in [1.29, 1.82) is 0 Å². The van der Waals surface area contributed by atoms with Gasteiger partial charge in [-0.25, -0.2) is 0 Å². The van der Waals surface area contributed by atoms with E-state index in [-0.39, 0.29) is 5.88 Å². The minimum Gasteiger partial charge on any atom is -0.389 e. The van der Waals surface area contributed by atoms with Gasteiger partial charge in [0.15, 0.2) is 0 Å². The lowest BCUT2D eigenvalue weighted by atomic mass is 10.2. The number of alkyl halides is 2. The Morgan fingerprint density at radius 2 is 1.50 bits per heavy atom. The number of halogens is 2. The number of rotatable bonds is 13. The zero-order valence-corrected chi connectivity index (χ0v) is 12.8. The van der Waals surface area contributed by atoms with Crippen molar-refractivity contribution in [3.05, 3.63) is 0 Å². The molecule has 0 fully saturated rings. The molecule has 0 amide bonds. The van der Waals surface area contributed by atoms with E-state index in [4.69, 9.17) is 37.8 Å². The molecule has 0 aromatic rings. The molecule has 0 radical (unpaired) electrons. The van der Waals surface area contributed by atoms with E-state index in [1.807, 2.05) is 0 Å². The number of hydrogen-bond donors (Lipinski definition) is 1. The minimum atomic E-state index is -0.538. The van der Waals surface area contributed by atoms with E-state index in [9.17, 15) is 0 Å². The molecule has 0 saturated heterocycles. The standard InChI is InChI=1S/C13H26Cl2O3/c1-12(8-14)10-17-6-4-2-3-5-7-18-11-13(16)9-15/h12-13,16H,2-11H2,1H3/i8+2,9+2,10+2,11+2,12+2,13+2. The molecular weight excluding hydrogens is 287 g/mol. The lowest BCUT2D eigenvalue weighted by Crippen LogP contribution is -2.17. The fraction of sp³-hybridized carbons (Fsp3) is 1.00. The Kier molecular flexibility index (Phi) is 14.2. The molecule has 0 aromatic carbocycles. The van der Waals surface area contributed by atoms with Crippen molar-refractivity contribution in [2.45, 2.75) is 38.7 Å². The predicted molar refractivity (Wildman–Crippen MR) is 76.7 cm³/mol. The van der Waals surface area contributed by atoms with Gasteiger partial charge in [0.25, 0.3) is 0 Å². The van der Waals surface area contributed by atoms with E-state index in [2.05, 4.69) is 6.92 Å². The van der Waals surface area contributed by atoms with Crippen molar-refractivity contribution in [3.8, 4) is 0 Å². The molecule has 5 heteroatoms. The summed E-state index contributed by atoms with van der Waals surface area (Å²) >= 11 is 11.1. The Labute approximate surface area is 121 Å². The maximum Gasteiger partial charge on any atom is 0.0908 e. The molecule has 0 rings (SSSR count). The normalized spacial score (nSPS) is 14.7. The van der Waals surface area contributed by atoms with E-state index in [1.165, 1.54) is 0 Å². The summed E-state index contributed by atoms with van der Waals surface area (Å²) in [7, 11) is 0. The van der Waals surface area contributed by atoms with Crippen LogP contribution in [0.4, 0.5) is 0 Å². The molecule has 0 bridgehead atoms. The minimum absolute atomic E-state index is 0.234. The highest BCUT2D eigenvalue weighted by molar-refractivity contribution is 6.18. The summed E-state index contributed by atoms with van der Waals surface area (Å²) in [5.41, 5.74) is 0. The van der Waals surface area contributed by atoms with E-state index < -0.39 is 6.10 Å². The summed E-state index contributed by atoms with van der Waals surface area (Å²) in [4.78, 5) is 0. The highest BCUT2D eigenvalue weighted by Crippen LogP contribution is 2.03. The molecule has 18 heavy (non-hydrogen) atoms. The first-order valence-corrected chi connectivity index (χ1v) is 7.73. The van der Waals surface area contributed by atoms with Gasteiger partial charge in [0.2, 0.25) is 0 Å². The van der Waals surface area contributed by atoms with Gasteiger partial charge in [-0.05, 0) is 18.8 Å². The van der Waals surface area contributed by atoms with Gasteiger partial charge in [0.05, 0.1) is 25.2 Å². The Balaban J connectivity index is 3.03. The molecule has 110 valence electrons. The molecule has 2 unspecified atom stereocenters. The van der Waals surface area contributed by atoms with Crippen molar-refractivity contribution in [2.75, 3.05) is 38.2 Å². The maximum atomic E-state index is 9.14. The lowest BCUT2D eigenvalue weighted by molar-refractivity contribution is 0.0457. The zero-order chi connectivity index (χ0) is 13.6. The van der Waals surface area contributed by atoms with Crippen molar-refractivity contribution in [3.63, 3.8) is 0 Å². The fourth-order valence-electron chi connectivity index (χ4n) is 1.35. The number of aliphatic hydroxyl groups excluding tert-OH is 1. The topological polar surface area (TPSA) is 38.7 Å². The second kappa shape index (κ2) is 13.9. The van der Waals surface area contributed by atoms with E-state index >= 15 is 0 Å². The summed E-state index contributed by atoms with van der Waals surface area (Å²) in [6, 6.07) is 0. The molecule has 0 aliphatic heterocycles. The third-order valence-corrected chi connectivity index (χ3v) is 3.36. The summed E-state index contributed by atoms with van der Waals surface area (Å²) in [5.74, 6) is 1.33. The predicted octanol–water partition coefficient (Wildman–Crippen LogP) is 3.05. The second-order valence-corrected chi connectivity index (χ2v) is 5.25. The van der Waals surface area contributed by atoms with E-state index in [0.717, 1.165) is 38.9 Å². The van der Waals surface area contributed by atoms with Gasteiger partial charge in [0.1, 0.15) is 0 Å². The summed E-state index contributed by atoms with van der Waals surface area (Å²) in [6.45, 7) is 4.68. The smallest absolute Gasteiger partial charge is 0.0908 e. The first kappa shape index (κ1) is 18.5. The van der Waals surface area contributed by atoms with Crippen LogP contribution in [0, 0.1) is 5.92 Å². The average molecular weight is 313 g/mol. The van der Waals surface area contributed by atoms with E-state index in [1.54, 1.807) is 0 Å². The summed E-state index contributed by atoms with van der Waals surface area (Å²) in [6.07, 6.45) is 3.85. The Morgan fingerprint density at radius 3 is 2.00 bits per heavy atom. The van der Waals surface area contributed by atoms with Crippen LogP contribution in [0.2, 0.25) is 0 Å². The molecule has 1 N–H and O–H groups in total. The third-order valence-electron chi connectivity index (χ3n) is 2.48. The van der Waals surface area contributed by atoms with Crippen LogP contribution < -0.4 is 0 Å². The molecule has 2 atom stereocenters. The Bertz CT molecular complexity index is 152. The van der Waals surface area contributed by atoms with Gasteiger partial charge in [-0.2, -0.15) is 0 Å². The van der Waals surface area contributed by atoms with Gasteiger partial charge in [-0.3, -0.25) is 0 Å². The zero-order valence-electron chi connectivity index (χ0n) is 11.2. The van der Waals surface area contributed by atoms with Crippen LogP contribution >= 0.6 is 23.2 Å². The third kappa shape index (κ3) is 12.9. The van der Waals surface area contributed by atoms with Gasteiger partial charge >= 0.3 is 0 Å². The van der Waals surface area contributed by atoms with Crippen LogP contribution in [0.1, 0.15) is 32.6 Å². The number of ether oxygens (including phenoxy) is 2.